The topological polar surface area (TPSA) is 235 Å². The van der Waals surface area contributed by atoms with E-state index in [0.717, 1.165) is 66.3 Å². The molecule has 1 N–H and O–H groups in total. The Labute approximate surface area is 463 Å². The Bertz CT molecular complexity index is 2970. The minimum Gasteiger partial charge on any atom is -0.545 e. The molecular weight excluding hydrogens is 1000 g/mol. The van der Waals surface area contributed by atoms with E-state index in [4.69, 9.17) is 24.1 Å². The predicted molar refractivity (Wildman–Crippen MR) is 298 cm³/mol. The largest absolute Gasteiger partial charge is 0.545 e. The van der Waals surface area contributed by atoms with Crippen molar-refractivity contribution in [2.75, 3.05) is 33.5 Å². The number of hydrogen-bond donors (Lipinski definition) is 1. The molecule has 8 rings (SSSR count). The molecule has 0 atom stereocenters. The number of benzene rings is 2. The van der Waals surface area contributed by atoms with Gasteiger partial charge in [0.25, 0.3) is 0 Å². The van der Waals surface area contributed by atoms with Crippen molar-refractivity contribution >= 4 is 17.9 Å². The Morgan fingerprint density at radius 2 is 1.11 bits per heavy atom. The number of rotatable bonds is 22. The molecule has 6 aromatic heterocycles. The standard InChI is InChI=1S/C15H17NO.C14H17N3.C12H12N2O.C11H12O5.C10H13NO3/c1-3-17-11-13-8-6-10-15(16-13)14-9-5-4-7-12(14)2;1-2-17(11-13-5-3-7-15-9-13)12-14-6-4-8-16-10-14;1-15-9-10-5-6-12(14-8-10)11-4-2-3-7-13-11;1-2-16-6-7-4-3-5-8(10(12)13)9(7)11(14)15;1-2-14-7-9-5-3-4-8(11-9)6-10(12)13/h4-10H,3,11H2,1-2H3;3-10H,2,11-12H2,1H3;2-8H,9H2,1H3;3-5H,2,6H2,1H3,(H,12,13)(H,14,15);3-5H,2,6-7H2,1H3,(H,12,13)/p-2. The Balaban J connectivity index is 0.000000213. The second kappa shape index (κ2) is 36.6. The Morgan fingerprint density at radius 3 is 1.65 bits per heavy atom. The summed E-state index contributed by atoms with van der Waals surface area (Å²) >= 11 is 0. The van der Waals surface area contributed by atoms with Crippen LogP contribution in [0.3, 0.4) is 0 Å². The molecule has 0 aliphatic heterocycles. The lowest BCUT2D eigenvalue weighted by molar-refractivity contribution is -0.259. The number of aryl methyl sites for hydroxylation is 1. The summed E-state index contributed by atoms with van der Waals surface area (Å²) in [4.78, 5) is 60.0. The van der Waals surface area contributed by atoms with Gasteiger partial charge in [0, 0.05) is 93.9 Å². The number of ether oxygens (including phenoxy) is 4. The average Bonchev–Trinajstić information content (AvgIpc) is 3.48. The minimum atomic E-state index is -1.55. The van der Waals surface area contributed by atoms with E-state index in [1.165, 1.54) is 34.4 Å². The summed E-state index contributed by atoms with van der Waals surface area (Å²) in [6.07, 6.45) is 11.0. The maximum atomic E-state index is 10.9. The van der Waals surface area contributed by atoms with Gasteiger partial charge in [-0.1, -0.05) is 85.8 Å². The molecule has 0 saturated carbocycles. The van der Waals surface area contributed by atoms with Crippen molar-refractivity contribution in [1.82, 2.24) is 34.8 Å². The van der Waals surface area contributed by atoms with E-state index in [1.807, 2.05) is 111 Å². The molecule has 17 heteroatoms. The lowest BCUT2D eigenvalue weighted by atomic mass is 10.0. The fourth-order valence-electron chi connectivity index (χ4n) is 7.31. The van der Waals surface area contributed by atoms with Crippen LogP contribution in [0.1, 0.15) is 93.3 Å². The highest BCUT2D eigenvalue weighted by Gasteiger charge is 2.11. The highest BCUT2D eigenvalue weighted by Crippen LogP contribution is 2.22. The monoisotopic (exact) mass is 1070 g/mol. The minimum absolute atomic E-state index is 0.0287. The van der Waals surface area contributed by atoms with Crippen molar-refractivity contribution in [1.29, 1.82) is 0 Å². The van der Waals surface area contributed by atoms with Crippen LogP contribution in [0.25, 0.3) is 22.6 Å². The first-order chi connectivity index (χ1) is 38.4. The van der Waals surface area contributed by atoms with Crippen LogP contribution in [0, 0.1) is 6.92 Å². The van der Waals surface area contributed by atoms with Crippen LogP contribution in [0.5, 0.6) is 0 Å². The Hall–Kier alpha value is -8.45. The van der Waals surface area contributed by atoms with Crippen molar-refractivity contribution in [2.45, 2.75) is 80.6 Å². The van der Waals surface area contributed by atoms with E-state index in [1.54, 1.807) is 44.8 Å². The third-order valence-electron chi connectivity index (χ3n) is 11.1. The molecule has 414 valence electrons. The van der Waals surface area contributed by atoms with Crippen LogP contribution < -0.4 is 10.2 Å². The number of carboxylic acid groups (broad SMARTS) is 3. The molecule has 0 amide bonds. The first-order valence-electron chi connectivity index (χ1n) is 25.7. The summed E-state index contributed by atoms with van der Waals surface area (Å²) in [5, 5.41) is 30.1. The summed E-state index contributed by atoms with van der Waals surface area (Å²) in [7, 11) is 1.67. The Kier molecular flexibility index (Phi) is 29.2. The fraction of sp³-hybridized carbons (Fsp3) is 0.274. The second-order valence-corrected chi connectivity index (χ2v) is 17.1. The first-order valence-corrected chi connectivity index (χ1v) is 25.7. The van der Waals surface area contributed by atoms with Gasteiger partial charge < -0.3 is 43.9 Å². The summed E-state index contributed by atoms with van der Waals surface area (Å²) in [5.74, 6) is -3.96. The van der Waals surface area contributed by atoms with Gasteiger partial charge in [-0.15, -0.1) is 0 Å². The molecule has 0 aliphatic rings. The molecule has 0 fully saturated rings. The molecule has 79 heavy (non-hydrogen) atoms. The number of hydrogen-bond acceptors (Lipinski definition) is 16. The van der Waals surface area contributed by atoms with E-state index >= 15 is 0 Å². The molecule has 0 bridgehead atoms. The normalized spacial score (nSPS) is 10.3. The van der Waals surface area contributed by atoms with E-state index in [-0.39, 0.29) is 24.2 Å². The fourth-order valence-corrected chi connectivity index (χ4v) is 7.31. The summed E-state index contributed by atoms with van der Waals surface area (Å²) in [6.45, 7) is 16.2. The molecule has 17 nitrogen and oxygen atoms in total. The van der Waals surface area contributed by atoms with Gasteiger partial charge in [0.15, 0.2) is 0 Å². The van der Waals surface area contributed by atoms with Crippen molar-refractivity contribution < 1.29 is 48.7 Å². The van der Waals surface area contributed by atoms with E-state index < -0.39 is 23.5 Å². The number of carbonyl (C=O) groups excluding carboxylic acids is 2. The highest BCUT2D eigenvalue weighted by molar-refractivity contribution is 6.01. The lowest BCUT2D eigenvalue weighted by Gasteiger charge is -2.20. The molecule has 2 aromatic carbocycles. The summed E-state index contributed by atoms with van der Waals surface area (Å²) in [5.41, 5.74) is 10.6. The lowest BCUT2D eigenvalue weighted by Crippen LogP contribution is -2.31. The zero-order valence-corrected chi connectivity index (χ0v) is 45.7. The summed E-state index contributed by atoms with van der Waals surface area (Å²) in [6, 6.07) is 41.7. The van der Waals surface area contributed by atoms with Crippen molar-refractivity contribution in [3.63, 3.8) is 0 Å². The van der Waals surface area contributed by atoms with Gasteiger partial charge in [-0.2, -0.15) is 0 Å². The van der Waals surface area contributed by atoms with E-state index in [2.05, 4.69) is 72.9 Å². The van der Waals surface area contributed by atoms with Gasteiger partial charge in [0.1, 0.15) is 0 Å². The Morgan fingerprint density at radius 1 is 0.532 bits per heavy atom. The smallest absolute Gasteiger partial charge is 0.309 e. The SMILES string of the molecule is CCN(Cc1cccnc1)Cc1cccnc1.CCOCc1cccc(-c2ccccc2C)n1.CCOCc1cccc(C(=O)[O-])c1C(=O)[O-].CCOCc1cccc(CC(=O)O)n1.COCc1ccc(-c2ccccn2)nc1. The van der Waals surface area contributed by atoms with Crippen LogP contribution in [0.4, 0.5) is 0 Å². The molecule has 6 heterocycles. The van der Waals surface area contributed by atoms with Crippen LogP contribution >= 0.6 is 0 Å². The number of aliphatic carboxylic acids is 1. The number of methoxy groups -OCH3 is 1. The number of aromatic carboxylic acids is 2. The van der Waals surface area contributed by atoms with Crippen molar-refractivity contribution in [3.8, 4) is 22.6 Å². The van der Waals surface area contributed by atoms with Gasteiger partial charge in [0.05, 0.1) is 79.0 Å². The van der Waals surface area contributed by atoms with Crippen molar-refractivity contribution in [2.24, 2.45) is 0 Å². The number of carboxylic acids is 3. The maximum Gasteiger partial charge on any atom is 0.309 e. The second-order valence-electron chi connectivity index (χ2n) is 17.1. The van der Waals surface area contributed by atoms with Crippen molar-refractivity contribution in [3.05, 3.63) is 227 Å². The third-order valence-corrected chi connectivity index (χ3v) is 11.1. The maximum absolute atomic E-state index is 10.9. The molecule has 0 saturated heterocycles. The van der Waals surface area contributed by atoms with Gasteiger partial charge in [-0.25, -0.2) is 0 Å². The quantitative estimate of drug-likeness (QED) is 0.0669. The molecule has 0 spiro atoms. The van der Waals surface area contributed by atoms with Gasteiger partial charge in [0.2, 0.25) is 0 Å². The molecule has 0 unspecified atom stereocenters. The molecule has 0 aliphatic carbocycles. The molecule has 8 aromatic rings. The van der Waals surface area contributed by atoms with E-state index in [9.17, 15) is 24.6 Å². The predicted octanol–water partition coefficient (Wildman–Crippen LogP) is 8.58. The molecular formula is C62H69N7O10-2. The highest BCUT2D eigenvalue weighted by atomic mass is 16.5. The summed E-state index contributed by atoms with van der Waals surface area (Å²) < 4.78 is 20.6. The molecule has 0 radical (unpaired) electrons. The van der Waals surface area contributed by atoms with Crippen LogP contribution in [-0.2, 0) is 69.7 Å². The van der Waals surface area contributed by atoms with Gasteiger partial charge >= 0.3 is 5.97 Å². The first kappa shape index (κ1) is 63.1. The van der Waals surface area contributed by atoms with Crippen LogP contribution in [0.2, 0.25) is 0 Å². The number of pyridine rings is 6. The third kappa shape index (κ3) is 23.8. The van der Waals surface area contributed by atoms with Gasteiger partial charge in [-0.05, 0) is 117 Å². The number of aromatic nitrogens is 6. The van der Waals surface area contributed by atoms with Crippen LogP contribution in [0.15, 0.2) is 171 Å². The van der Waals surface area contributed by atoms with E-state index in [0.29, 0.717) is 38.7 Å². The number of carbonyl (C=O) groups is 3. The zero-order chi connectivity index (χ0) is 57.0. The van der Waals surface area contributed by atoms with Crippen LogP contribution in [-0.4, -0.2) is 91.3 Å². The average molecular weight is 1070 g/mol. The zero-order valence-electron chi connectivity index (χ0n) is 45.7. The van der Waals surface area contributed by atoms with Gasteiger partial charge in [-0.3, -0.25) is 39.6 Å². The number of nitrogens with zero attached hydrogens (tertiary/aromatic N) is 7.